The second-order valence-corrected chi connectivity index (χ2v) is 6.79. The van der Waals surface area contributed by atoms with Crippen molar-refractivity contribution in [2.45, 2.75) is 44.7 Å². The fourth-order valence-electron chi connectivity index (χ4n) is 2.81. The minimum atomic E-state index is 0.0398. The molecule has 0 amide bonds. The second-order valence-electron chi connectivity index (χ2n) is 5.94. The highest BCUT2D eigenvalue weighted by molar-refractivity contribution is 9.10. The topological polar surface area (TPSA) is 33.1 Å². The van der Waals surface area contributed by atoms with E-state index in [0.717, 1.165) is 24.1 Å². The molecule has 19 heavy (non-hydrogen) atoms. The molecular formula is C14H25BrN4. The molecule has 0 aliphatic carbocycles. The number of aromatic nitrogens is 2. The highest BCUT2D eigenvalue weighted by atomic mass is 79.9. The lowest BCUT2D eigenvalue weighted by molar-refractivity contribution is 0.310. The average molecular weight is 329 g/mol. The van der Waals surface area contributed by atoms with Gasteiger partial charge in [0.15, 0.2) is 0 Å². The van der Waals surface area contributed by atoms with E-state index in [0.29, 0.717) is 0 Å². The van der Waals surface area contributed by atoms with Crippen molar-refractivity contribution in [3.63, 3.8) is 0 Å². The van der Waals surface area contributed by atoms with Crippen LogP contribution in [0.15, 0.2) is 10.7 Å². The van der Waals surface area contributed by atoms with Crippen molar-refractivity contribution >= 4 is 15.9 Å². The smallest absolute Gasteiger partial charge is 0.0724 e. The Morgan fingerprint density at radius 3 is 2.95 bits per heavy atom. The van der Waals surface area contributed by atoms with E-state index in [1.165, 1.54) is 31.4 Å². The van der Waals surface area contributed by atoms with Gasteiger partial charge in [-0.15, -0.1) is 0 Å². The van der Waals surface area contributed by atoms with E-state index in [1.807, 2.05) is 6.20 Å². The van der Waals surface area contributed by atoms with E-state index in [9.17, 15) is 0 Å². The van der Waals surface area contributed by atoms with Crippen molar-refractivity contribution in [3.05, 3.63) is 16.4 Å². The maximum Gasteiger partial charge on any atom is 0.0724 e. The highest BCUT2D eigenvalue weighted by Gasteiger charge is 2.32. The number of hydrogen-bond acceptors (Lipinski definition) is 3. The molecule has 1 aliphatic rings. The molecule has 4 nitrogen and oxygen atoms in total. The molecule has 1 aromatic heterocycles. The van der Waals surface area contributed by atoms with Crippen LogP contribution in [-0.2, 0) is 12.1 Å². The van der Waals surface area contributed by atoms with Gasteiger partial charge in [0.05, 0.1) is 28.4 Å². The van der Waals surface area contributed by atoms with E-state index >= 15 is 0 Å². The van der Waals surface area contributed by atoms with Crippen LogP contribution in [0.4, 0.5) is 0 Å². The van der Waals surface area contributed by atoms with Crippen molar-refractivity contribution in [2.24, 2.45) is 0 Å². The van der Waals surface area contributed by atoms with Crippen LogP contribution in [0.2, 0.25) is 0 Å². The molecule has 1 N–H and O–H groups in total. The van der Waals surface area contributed by atoms with Crippen molar-refractivity contribution in [2.75, 3.05) is 27.2 Å². The summed E-state index contributed by atoms with van der Waals surface area (Å²) in [6, 6.07) is 0. The lowest BCUT2D eigenvalue weighted by Crippen LogP contribution is -2.41. The molecule has 0 saturated carbocycles. The lowest BCUT2D eigenvalue weighted by atomic mass is 9.92. The van der Waals surface area contributed by atoms with Gasteiger partial charge in [-0.3, -0.25) is 4.68 Å². The number of nitrogens with zero attached hydrogens (tertiary/aromatic N) is 3. The van der Waals surface area contributed by atoms with Crippen LogP contribution in [0.5, 0.6) is 0 Å². The van der Waals surface area contributed by atoms with Crippen molar-refractivity contribution in [3.8, 4) is 0 Å². The molecule has 5 heteroatoms. The molecule has 0 radical (unpaired) electrons. The molecule has 0 spiro atoms. The molecular weight excluding hydrogens is 304 g/mol. The summed E-state index contributed by atoms with van der Waals surface area (Å²) in [6.07, 6.45) is 7.00. The van der Waals surface area contributed by atoms with Crippen LogP contribution in [0, 0.1) is 0 Å². The van der Waals surface area contributed by atoms with Gasteiger partial charge in [0.25, 0.3) is 0 Å². The quantitative estimate of drug-likeness (QED) is 0.922. The second kappa shape index (κ2) is 6.37. The first-order valence-corrected chi connectivity index (χ1v) is 7.94. The number of likely N-dealkylation sites (N-methyl/N-ethyl adjacent to an activating group) is 1. The number of nitrogens with one attached hydrogen (secondary N) is 1. The molecule has 0 aromatic carbocycles. The average Bonchev–Trinajstić information content (AvgIpc) is 2.58. The van der Waals surface area contributed by atoms with E-state index in [1.54, 1.807) is 0 Å². The Balaban J connectivity index is 2.23. The van der Waals surface area contributed by atoms with Gasteiger partial charge in [-0.25, -0.2) is 0 Å². The zero-order valence-corrected chi connectivity index (χ0v) is 13.8. The van der Waals surface area contributed by atoms with Crippen LogP contribution in [0.3, 0.4) is 0 Å². The van der Waals surface area contributed by atoms with Gasteiger partial charge in [-0.05, 0) is 56.3 Å². The monoisotopic (exact) mass is 328 g/mol. The lowest BCUT2D eigenvalue weighted by Gasteiger charge is -2.31. The number of rotatable bonds is 4. The third kappa shape index (κ3) is 3.58. The van der Waals surface area contributed by atoms with E-state index in [2.05, 4.69) is 56.9 Å². The van der Waals surface area contributed by atoms with E-state index in [4.69, 9.17) is 0 Å². The summed E-state index contributed by atoms with van der Waals surface area (Å²) in [6.45, 7) is 5.36. The molecule has 108 valence electrons. The van der Waals surface area contributed by atoms with Gasteiger partial charge in [-0.2, -0.15) is 5.10 Å². The summed E-state index contributed by atoms with van der Waals surface area (Å²) >= 11 is 3.68. The SMILES string of the molecule is CN(C)CCn1ncc(Br)c1C1(C)CCCCCN1. The van der Waals surface area contributed by atoms with Crippen molar-refractivity contribution in [1.29, 1.82) is 0 Å². The third-order valence-corrected chi connectivity index (χ3v) is 4.53. The maximum absolute atomic E-state index is 4.54. The third-order valence-electron chi connectivity index (χ3n) is 3.95. The first-order valence-electron chi connectivity index (χ1n) is 7.14. The first kappa shape index (κ1) is 15.0. The standard InChI is InChI=1S/C14H25BrN4/c1-14(7-5-4-6-8-16-14)13-12(15)11-17-19(13)10-9-18(2)3/h11,16H,4-10H2,1-3H3. The Morgan fingerprint density at radius 2 is 2.21 bits per heavy atom. The molecule has 1 aromatic rings. The number of hydrogen-bond donors (Lipinski definition) is 1. The van der Waals surface area contributed by atoms with Crippen LogP contribution in [0.25, 0.3) is 0 Å². The Hall–Kier alpha value is -0.390. The molecule has 2 rings (SSSR count). The molecule has 1 atom stereocenters. The van der Waals surface area contributed by atoms with E-state index < -0.39 is 0 Å². The summed E-state index contributed by atoms with van der Waals surface area (Å²) in [7, 11) is 4.20. The van der Waals surface area contributed by atoms with Crippen LogP contribution >= 0.6 is 15.9 Å². The van der Waals surface area contributed by atoms with E-state index in [-0.39, 0.29) is 5.54 Å². The van der Waals surface area contributed by atoms with Crippen molar-refractivity contribution < 1.29 is 0 Å². The zero-order chi connectivity index (χ0) is 13.9. The fourth-order valence-corrected chi connectivity index (χ4v) is 3.54. The van der Waals surface area contributed by atoms with Gasteiger partial charge in [0, 0.05) is 6.54 Å². The zero-order valence-electron chi connectivity index (χ0n) is 12.2. The van der Waals surface area contributed by atoms with Crippen LogP contribution < -0.4 is 5.32 Å². The van der Waals surface area contributed by atoms with Crippen LogP contribution in [0.1, 0.15) is 38.3 Å². The predicted molar refractivity (Wildman–Crippen MR) is 82.3 cm³/mol. The van der Waals surface area contributed by atoms with Crippen LogP contribution in [-0.4, -0.2) is 41.9 Å². The fraction of sp³-hybridized carbons (Fsp3) is 0.786. The predicted octanol–water partition coefficient (Wildman–Crippen LogP) is 2.59. The molecule has 0 bridgehead atoms. The van der Waals surface area contributed by atoms with Gasteiger partial charge in [-0.1, -0.05) is 12.8 Å². The number of halogens is 1. The summed E-state index contributed by atoms with van der Waals surface area (Å²) in [5, 5.41) is 8.27. The summed E-state index contributed by atoms with van der Waals surface area (Å²) < 4.78 is 3.28. The highest BCUT2D eigenvalue weighted by Crippen LogP contribution is 2.34. The largest absolute Gasteiger partial charge is 0.308 e. The van der Waals surface area contributed by atoms with Gasteiger partial charge in [0.2, 0.25) is 0 Å². The molecule has 1 unspecified atom stereocenters. The van der Waals surface area contributed by atoms with Gasteiger partial charge in [0.1, 0.15) is 0 Å². The maximum atomic E-state index is 4.54. The summed E-state index contributed by atoms with van der Waals surface area (Å²) in [4.78, 5) is 2.20. The summed E-state index contributed by atoms with van der Waals surface area (Å²) in [5.41, 5.74) is 1.34. The Morgan fingerprint density at radius 1 is 1.42 bits per heavy atom. The Labute approximate surface area is 124 Å². The molecule has 1 aliphatic heterocycles. The molecule has 1 fully saturated rings. The van der Waals surface area contributed by atoms with Gasteiger partial charge >= 0.3 is 0 Å². The summed E-state index contributed by atoms with van der Waals surface area (Å²) in [5.74, 6) is 0. The normalized spacial score (nSPS) is 24.7. The molecule has 2 heterocycles. The first-order chi connectivity index (χ1) is 9.03. The minimum Gasteiger partial charge on any atom is -0.308 e. The van der Waals surface area contributed by atoms with Gasteiger partial charge < -0.3 is 10.2 Å². The Kier molecular flexibility index (Phi) is 5.03. The van der Waals surface area contributed by atoms with Crippen molar-refractivity contribution in [1.82, 2.24) is 20.0 Å². The Bertz CT molecular complexity index is 406. The minimum absolute atomic E-state index is 0.0398. The molecule has 1 saturated heterocycles.